The van der Waals surface area contributed by atoms with Crippen molar-refractivity contribution in [3.05, 3.63) is 41.0 Å². The highest BCUT2D eigenvalue weighted by Crippen LogP contribution is 2.41. The van der Waals surface area contributed by atoms with Gasteiger partial charge in [-0.3, -0.25) is 9.20 Å². The second-order valence-corrected chi connectivity index (χ2v) is 9.70. The molecule has 1 aromatic carbocycles. The Morgan fingerprint density at radius 1 is 1.24 bits per heavy atom. The maximum absolute atomic E-state index is 12.8. The molecule has 0 unspecified atom stereocenters. The lowest BCUT2D eigenvalue weighted by molar-refractivity contribution is 0.0844. The first-order chi connectivity index (χ1) is 15.4. The molecule has 3 aromatic rings. The molecule has 0 saturated carbocycles. The van der Waals surface area contributed by atoms with Gasteiger partial charge in [-0.2, -0.15) is 0 Å². The van der Waals surface area contributed by atoms with E-state index in [2.05, 4.69) is 29.2 Å². The van der Waals surface area contributed by atoms with Crippen LogP contribution in [0.5, 0.6) is 0 Å². The summed E-state index contributed by atoms with van der Waals surface area (Å²) in [6.07, 6.45) is 3.58. The standard InChI is InChI=1S/C25H32N4O3.ClH/c1-16-20(17-7-13-32-14-8-17)21(22(26)31)23-27-18-5-3-4-6-19(18)29(23)24(16)28-11-9-25(2,15-30)10-12-28;/h3-6,17,30H,7-15H2,1-2H3,(H2,26,31);1H. The zero-order valence-corrected chi connectivity index (χ0v) is 20.2. The zero-order valence-electron chi connectivity index (χ0n) is 19.3. The third-order valence-electron chi connectivity index (χ3n) is 7.53. The maximum Gasteiger partial charge on any atom is 0.252 e. The van der Waals surface area contributed by atoms with Gasteiger partial charge in [0.1, 0.15) is 5.82 Å². The number of ether oxygens (including phenoxy) is 1. The summed E-state index contributed by atoms with van der Waals surface area (Å²) in [6, 6.07) is 8.02. The summed E-state index contributed by atoms with van der Waals surface area (Å²) >= 11 is 0. The Kier molecular flexibility index (Phi) is 6.58. The number of pyridine rings is 1. The van der Waals surface area contributed by atoms with E-state index in [0.717, 1.165) is 66.8 Å². The van der Waals surface area contributed by atoms with Gasteiger partial charge in [-0.25, -0.2) is 4.98 Å². The van der Waals surface area contributed by atoms with Gasteiger partial charge in [-0.1, -0.05) is 19.1 Å². The number of anilines is 1. The van der Waals surface area contributed by atoms with Gasteiger partial charge in [-0.05, 0) is 67.2 Å². The van der Waals surface area contributed by atoms with Crippen LogP contribution in [0.4, 0.5) is 5.82 Å². The molecule has 0 radical (unpaired) electrons. The lowest BCUT2D eigenvalue weighted by Gasteiger charge is -2.41. The molecular formula is C25H33ClN4O3. The number of imidazole rings is 1. The average Bonchev–Trinajstić information content (AvgIpc) is 3.18. The van der Waals surface area contributed by atoms with Crippen LogP contribution in [0.3, 0.4) is 0 Å². The van der Waals surface area contributed by atoms with E-state index in [-0.39, 0.29) is 30.3 Å². The number of piperidine rings is 1. The summed E-state index contributed by atoms with van der Waals surface area (Å²) in [5, 5.41) is 9.86. The minimum atomic E-state index is -0.423. The topological polar surface area (TPSA) is 93.1 Å². The van der Waals surface area contributed by atoms with E-state index in [0.29, 0.717) is 24.4 Å². The van der Waals surface area contributed by atoms with Crippen LogP contribution in [0.15, 0.2) is 24.3 Å². The number of aromatic nitrogens is 2. The van der Waals surface area contributed by atoms with Crippen LogP contribution in [0.1, 0.15) is 60.0 Å². The number of benzene rings is 1. The number of aliphatic hydroxyl groups excluding tert-OH is 1. The smallest absolute Gasteiger partial charge is 0.252 e. The first-order valence-corrected chi connectivity index (χ1v) is 11.6. The van der Waals surface area contributed by atoms with Gasteiger partial charge in [0.2, 0.25) is 0 Å². The molecule has 2 fully saturated rings. The van der Waals surface area contributed by atoms with Crippen LogP contribution >= 0.6 is 12.4 Å². The number of aliphatic hydroxyl groups is 1. The number of amides is 1. The fraction of sp³-hybridized carbons (Fsp3) is 0.520. The van der Waals surface area contributed by atoms with Crippen LogP contribution in [-0.4, -0.2) is 53.3 Å². The van der Waals surface area contributed by atoms with Gasteiger partial charge in [0, 0.05) is 32.9 Å². The van der Waals surface area contributed by atoms with Gasteiger partial charge in [0.25, 0.3) is 5.91 Å². The highest BCUT2D eigenvalue weighted by Gasteiger charge is 2.34. The highest BCUT2D eigenvalue weighted by molar-refractivity contribution is 6.03. The van der Waals surface area contributed by atoms with Crippen molar-refractivity contribution in [2.75, 3.05) is 37.8 Å². The average molecular weight is 473 g/mol. The van der Waals surface area contributed by atoms with Crippen LogP contribution < -0.4 is 10.6 Å². The Hall–Kier alpha value is -2.35. The van der Waals surface area contributed by atoms with Crippen LogP contribution in [0, 0.1) is 12.3 Å². The highest BCUT2D eigenvalue weighted by atomic mass is 35.5. The van der Waals surface area contributed by atoms with Gasteiger partial charge in [0.05, 0.1) is 16.6 Å². The van der Waals surface area contributed by atoms with Crippen molar-refractivity contribution in [3.63, 3.8) is 0 Å². The number of halogens is 1. The number of hydrogen-bond donors (Lipinski definition) is 2. The van der Waals surface area contributed by atoms with E-state index in [1.165, 1.54) is 0 Å². The molecule has 33 heavy (non-hydrogen) atoms. The van der Waals surface area contributed by atoms with Crippen molar-refractivity contribution in [1.29, 1.82) is 0 Å². The summed E-state index contributed by atoms with van der Waals surface area (Å²) in [6.45, 7) is 7.57. The summed E-state index contributed by atoms with van der Waals surface area (Å²) in [5.74, 6) is 0.899. The fourth-order valence-electron chi connectivity index (χ4n) is 5.54. The molecule has 3 N–H and O–H groups in total. The molecule has 1 amide bonds. The Morgan fingerprint density at radius 3 is 2.55 bits per heavy atom. The van der Waals surface area contributed by atoms with E-state index in [4.69, 9.17) is 15.5 Å². The predicted molar refractivity (Wildman–Crippen MR) is 133 cm³/mol. The molecule has 2 saturated heterocycles. The first kappa shape index (κ1) is 23.8. The second kappa shape index (κ2) is 9.12. The molecule has 2 aliphatic rings. The van der Waals surface area contributed by atoms with E-state index >= 15 is 0 Å². The normalized spacial score (nSPS) is 19.1. The fourth-order valence-corrected chi connectivity index (χ4v) is 5.54. The van der Waals surface area contributed by atoms with Gasteiger partial charge >= 0.3 is 0 Å². The lowest BCUT2D eigenvalue weighted by Crippen LogP contribution is -2.41. The number of rotatable bonds is 4. The van der Waals surface area contributed by atoms with Gasteiger partial charge in [-0.15, -0.1) is 12.4 Å². The van der Waals surface area contributed by atoms with E-state index in [1.807, 2.05) is 18.2 Å². The Morgan fingerprint density at radius 2 is 1.91 bits per heavy atom. The number of para-hydroxylation sites is 2. The molecule has 2 aliphatic heterocycles. The minimum absolute atomic E-state index is 0. The quantitative estimate of drug-likeness (QED) is 0.602. The molecule has 8 heteroatoms. The van der Waals surface area contributed by atoms with Gasteiger partial charge in [0.15, 0.2) is 5.65 Å². The molecule has 0 atom stereocenters. The van der Waals surface area contributed by atoms with Crippen molar-refractivity contribution in [2.24, 2.45) is 11.1 Å². The summed E-state index contributed by atoms with van der Waals surface area (Å²) < 4.78 is 7.74. The maximum atomic E-state index is 12.8. The summed E-state index contributed by atoms with van der Waals surface area (Å²) in [5.41, 5.74) is 11.1. The Bertz CT molecular complexity index is 1180. The number of primary amides is 1. The number of nitrogens with two attached hydrogens (primary N) is 1. The van der Waals surface area contributed by atoms with E-state index < -0.39 is 5.91 Å². The lowest BCUT2D eigenvalue weighted by atomic mass is 9.81. The molecule has 7 nitrogen and oxygen atoms in total. The van der Waals surface area contributed by atoms with Crippen molar-refractivity contribution in [1.82, 2.24) is 9.38 Å². The molecule has 0 spiro atoms. The molecule has 0 bridgehead atoms. The molecule has 0 aliphatic carbocycles. The number of carbonyl (C=O) groups excluding carboxylic acids is 1. The van der Waals surface area contributed by atoms with Crippen LogP contribution in [0.25, 0.3) is 16.7 Å². The molecule has 4 heterocycles. The first-order valence-electron chi connectivity index (χ1n) is 11.6. The van der Waals surface area contributed by atoms with E-state index in [9.17, 15) is 9.90 Å². The van der Waals surface area contributed by atoms with Crippen molar-refractivity contribution in [3.8, 4) is 0 Å². The largest absolute Gasteiger partial charge is 0.396 e. The SMILES string of the molecule is Cc1c(C2CCOCC2)c(C(N)=O)c2nc3ccccc3n2c1N1CCC(C)(CO)CC1.Cl. The van der Waals surface area contributed by atoms with Crippen molar-refractivity contribution in [2.45, 2.75) is 45.4 Å². The third-order valence-corrected chi connectivity index (χ3v) is 7.53. The minimum Gasteiger partial charge on any atom is -0.396 e. The number of fused-ring (bicyclic) bond motifs is 3. The Balaban J connectivity index is 0.00000259. The molecule has 5 rings (SSSR count). The zero-order chi connectivity index (χ0) is 22.5. The molecular weight excluding hydrogens is 440 g/mol. The molecule has 178 valence electrons. The third kappa shape index (κ3) is 3.96. The van der Waals surface area contributed by atoms with Crippen molar-refractivity contribution < 1.29 is 14.6 Å². The number of carbonyl (C=O) groups is 1. The molecule has 2 aromatic heterocycles. The number of nitrogens with zero attached hydrogens (tertiary/aromatic N) is 3. The van der Waals surface area contributed by atoms with Crippen LogP contribution in [-0.2, 0) is 4.74 Å². The second-order valence-electron chi connectivity index (χ2n) is 9.70. The van der Waals surface area contributed by atoms with Gasteiger partial charge < -0.3 is 20.5 Å². The number of hydrogen-bond acceptors (Lipinski definition) is 5. The Labute approximate surface area is 200 Å². The summed E-state index contributed by atoms with van der Waals surface area (Å²) in [4.78, 5) is 20.1. The predicted octanol–water partition coefficient (Wildman–Crippen LogP) is 3.81. The van der Waals surface area contributed by atoms with E-state index in [1.54, 1.807) is 0 Å². The summed E-state index contributed by atoms with van der Waals surface area (Å²) in [7, 11) is 0. The monoisotopic (exact) mass is 472 g/mol. The van der Waals surface area contributed by atoms with Crippen molar-refractivity contribution >= 4 is 40.8 Å². The van der Waals surface area contributed by atoms with Crippen LogP contribution in [0.2, 0.25) is 0 Å².